The molecule has 3 aromatic rings. The van der Waals surface area contributed by atoms with Crippen molar-refractivity contribution in [1.29, 1.82) is 0 Å². The van der Waals surface area contributed by atoms with Crippen LogP contribution in [0.25, 0.3) is 0 Å². The third-order valence-electron chi connectivity index (χ3n) is 4.25. The second-order valence-electron chi connectivity index (χ2n) is 7.04. The second kappa shape index (κ2) is 13.8. The highest BCUT2D eigenvalue weighted by atomic mass is 31.2. The lowest BCUT2D eigenvalue weighted by atomic mass is 10.1. The standard InChI is InChI=1S/C8H9O6P.2C8H8O2/c1-6-2-4-7(5-3-6)8(9)13-14-15(10,11)12;2*1-6-4-2-3-5-7(6)8(9)10/h2-5H,1H3,(H2,10,11,12);2*2-5H,1H3,(H,9,10). The Hall–Kier alpha value is -3.82. The highest BCUT2D eigenvalue weighted by Crippen LogP contribution is 2.36. The lowest BCUT2D eigenvalue weighted by molar-refractivity contribution is -0.166. The Morgan fingerprint density at radius 1 is 0.686 bits per heavy atom. The van der Waals surface area contributed by atoms with Gasteiger partial charge in [0.15, 0.2) is 0 Å². The number of benzene rings is 3. The number of carbonyl (C=O) groups is 3. The molecular formula is C24H25O10P. The summed E-state index contributed by atoms with van der Waals surface area (Å²) >= 11 is 0. The topological polar surface area (TPSA) is 168 Å². The summed E-state index contributed by atoms with van der Waals surface area (Å²) in [4.78, 5) is 52.4. The summed E-state index contributed by atoms with van der Waals surface area (Å²) in [6, 6.07) is 20.1. The molecule has 0 fully saturated rings. The molecule has 0 spiro atoms. The molecule has 0 aliphatic heterocycles. The average Bonchev–Trinajstić information content (AvgIpc) is 2.78. The van der Waals surface area contributed by atoms with Gasteiger partial charge in [0.25, 0.3) is 0 Å². The van der Waals surface area contributed by atoms with Crippen LogP contribution in [0.1, 0.15) is 47.8 Å². The van der Waals surface area contributed by atoms with E-state index in [4.69, 9.17) is 20.0 Å². The van der Waals surface area contributed by atoms with Gasteiger partial charge in [0, 0.05) is 0 Å². The van der Waals surface area contributed by atoms with Crippen LogP contribution >= 0.6 is 7.82 Å². The van der Waals surface area contributed by atoms with Gasteiger partial charge in [-0.25, -0.2) is 18.9 Å². The van der Waals surface area contributed by atoms with Gasteiger partial charge in [0.1, 0.15) is 0 Å². The molecule has 0 aromatic heterocycles. The zero-order valence-electron chi connectivity index (χ0n) is 19.1. The van der Waals surface area contributed by atoms with E-state index < -0.39 is 25.7 Å². The van der Waals surface area contributed by atoms with E-state index in [1.165, 1.54) is 12.1 Å². The van der Waals surface area contributed by atoms with Crippen LogP contribution in [0.2, 0.25) is 0 Å². The molecular weight excluding hydrogens is 479 g/mol. The number of carbonyl (C=O) groups excluding carboxylic acids is 1. The third-order valence-corrected chi connectivity index (χ3v) is 4.52. The van der Waals surface area contributed by atoms with Crippen LogP contribution in [0.3, 0.4) is 0 Å². The first kappa shape index (κ1) is 29.2. The van der Waals surface area contributed by atoms with Crippen molar-refractivity contribution in [3.63, 3.8) is 0 Å². The third kappa shape index (κ3) is 11.2. The molecule has 0 heterocycles. The van der Waals surface area contributed by atoms with Crippen LogP contribution in [0.5, 0.6) is 0 Å². The molecule has 0 aliphatic rings. The van der Waals surface area contributed by atoms with Gasteiger partial charge in [-0.3, -0.25) is 4.89 Å². The quantitative estimate of drug-likeness (QED) is 0.220. The predicted octanol–water partition coefficient (Wildman–Crippen LogP) is 4.56. The van der Waals surface area contributed by atoms with E-state index in [0.29, 0.717) is 11.1 Å². The summed E-state index contributed by atoms with van der Waals surface area (Å²) in [5.74, 6) is -2.69. The molecule has 0 bridgehead atoms. The Balaban J connectivity index is 0.000000271. The van der Waals surface area contributed by atoms with Gasteiger partial charge in [0.2, 0.25) is 0 Å². The second-order valence-corrected chi connectivity index (χ2v) is 8.17. The number of phosphoric acid groups is 1. The smallest absolute Gasteiger partial charge is 0.478 e. The molecule has 186 valence electrons. The molecule has 0 radical (unpaired) electrons. The van der Waals surface area contributed by atoms with Crippen LogP contribution in [0, 0.1) is 20.8 Å². The molecule has 35 heavy (non-hydrogen) atoms. The zero-order chi connectivity index (χ0) is 26.6. The van der Waals surface area contributed by atoms with Crippen molar-refractivity contribution in [3.8, 4) is 0 Å². The fraction of sp³-hybridized carbons (Fsp3) is 0.125. The summed E-state index contributed by atoms with van der Waals surface area (Å²) in [5, 5.41) is 17.1. The van der Waals surface area contributed by atoms with E-state index in [2.05, 4.69) is 9.56 Å². The lowest BCUT2D eigenvalue weighted by Gasteiger charge is -2.03. The van der Waals surface area contributed by atoms with Crippen molar-refractivity contribution in [3.05, 3.63) is 106 Å². The van der Waals surface area contributed by atoms with Crippen LogP contribution in [0.15, 0.2) is 72.8 Å². The molecule has 0 atom stereocenters. The molecule has 3 rings (SSSR count). The summed E-state index contributed by atoms with van der Waals surface area (Å²) < 4.78 is 13.8. The van der Waals surface area contributed by atoms with E-state index in [1.807, 2.05) is 19.1 Å². The number of carboxylic acid groups (broad SMARTS) is 2. The molecule has 0 saturated carbocycles. The normalized spacial score (nSPS) is 10.1. The fourth-order valence-corrected chi connectivity index (χ4v) is 2.61. The molecule has 0 aliphatic carbocycles. The number of hydrogen-bond acceptors (Lipinski definition) is 6. The summed E-state index contributed by atoms with van der Waals surface area (Å²) in [5.41, 5.74) is 3.45. The molecule has 0 amide bonds. The minimum absolute atomic E-state index is 0.147. The minimum Gasteiger partial charge on any atom is -0.478 e. The first-order valence-electron chi connectivity index (χ1n) is 9.92. The van der Waals surface area contributed by atoms with Crippen molar-refractivity contribution in [2.24, 2.45) is 0 Å². The Kier molecular flexibility index (Phi) is 11.5. The van der Waals surface area contributed by atoms with Crippen LogP contribution < -0.4 is 0 Å². The molecule has 0 saturated heterocycles. The van der Waals surface area contributed by atoms with Gasteiger partial charge >= 0.3 is 25.7 Å². The largest absolute Gasteiger partial charge is 0.505 e. The van der Waals surface area contributed by atoms with E-state index in [1.54, 1.807) is 62.4 Å². The Morgan fingerprint density at radius 2 is 1.09 bits per heavy atom. The van der Waals surface area contributed by atoms with Gasteiger partial charge in [-0.1, -0.05) is 58.8 Å². The number of aryl methyl sites for hydroxylation is 3. The summed E-state index contributed by atoms with van der Waals surface area (Å²) in [6.07, 6.45) is 0. The highest BCUT2D eigenvalue weighted by molar-refractivity contribution is 7.46. The first-order valence-corrected chi connectivity index (χ1v) is 11.5. The van der Waals surface area contributed by atoms with Gasteiger partial charge in [-0.05, 0) is 56.2 Å². The first-order chi connectivity index (χ1) is 16.3. The number of aromatic carboxylic acids is 2. The van der Waals surface area contributed by atoms with Crippen molar-refractivity contribution in [1.82, 2.24) is 0 Å². The zero-order valence-corrected chi connectivity index (χ0v) is 20.0. The lowest BCUT2D eigenvalue weighted by Crippen LogP contribution is -2.04. The van der Waals surface area contributed by atoms with E-state index in [9.17, 15) is 18.9 Å². The Morgan fingerprint density at radius 3 is 1.40 bits per heavy atom. The fourth-order valence-electron chi connectivity index (χ4n) is 2.45. The van der Waals surface area contributed by atoms with E-state index >= 15 is 0 Å². The van der Waals surface area contributed by atoms with E-state index in [-0.39, 0.29) is 5.56 Å². The van der Waals surface area contributed by atoms with Gasteiger partial charge in [-0.15, -0.1) is 0 Å². The molecule has 4 N–H and O–H groups in total. The maximum Gasteiger partial charge on any atom is 0.505 e. The van der Waals surface area contributed by atoms with Gasteiger partial charge in [-0.2, -0.15) is 0 Å². The van der Waals surface area contributed by atoms with Crippen molar-refractivity contribution >= 4 is 25.7 Å². The SMILES string of the molecule is Cc1ccc(C(=O)OOP(=O)(O)O)cc1.Cc1ccccc1C(=O)O.Cc1ccccc1C(=O)O. The van der Waals surface area contributed by atoms with Crippen molar-refractivity contribution < 1.29 is 48.5 Å². The van der Waals surface area contributed by atoms with Crippen molar-refractivity contribution in [2.75, 3.05) is 0 Å². The van der Waals surface area contributed by atoms with E-state index in [0.717, 1.165) is 16.7 Å². The monoisotopic (exact) mass is 504 g/mol. The Bertz CT molecular complexity index is 1140. The highest BCUT2D eigenvalue weighted by Gasteiger charge is 2.19. The van der Waals surface area contributed by atoms with Crippen molar-refractivity contribution in [2.45, 2.75) is 20.8 Å². The van der Waals surface area contributed by atoms with Gasteiger partial charge < -0.3 is 20.0 Å². The number of rotatable bonds is 5. The number of carboxylic acids is 2. The number of hydrogen-bond donors (Lipinski definition) is 4. The average molecular weight is 504 g/mol. The molecule has 0 unspecified atom stereocenters. The Labute approximate surface area is 201 Å². The molecule has 10 nitrogen and oxygen atoms in total. The van der Waals surface area contributed by atoms with Crippen LogP contribution in [-0.4, -0.2) is 37.9 Å². The minimum atomic E-state index is -4.79. The van der Waals surface area contributed by atoms with Crippen LogP contribution in [-0.2, 0) is 14.1 Å². The summed E-state index contributed by atoms with van der Waals surface area (Å²) in [7, 11) is -4.79. The predicted molar refractivity (Wildman–Crippen MR) is 126 cm³/mol. The van der Waals surface area contributed by atoms with Crippen LogP contribution in [0.4, 0.5) is 0 Å². The molecule has 3 aromatic carbocycles. The molecule has 11 heteroatoms. The van der Waals surface area contributed by atoms with Gasteiger partial charge in [0.05, 0.1) is 16.7 Å². The maximum absolute atomic E-state index is 11.1. The summed E-state index contributed by atoms with van der Waals surface area (Å²) in [6.45, 7) is 5.40. The maximum atomic E-state index is 11.1.